The van der Waals surface area contributed by atoms with E-state index in [1.165, 1.54) is 0 Å². The van der Waals surface area contributed by atoms with E-state index in [-0.39, 0.29) is 0 Å². The molecule has 2 heterocycles. The van der Waals surface area contributed by atoms with Crippen LogP contribution < -0.4 is 4.74 Å². The third-order valence-electron chi connectivity index (χ3n) is 2.49. The molecule has 0 aliphatic heterocycles. The fourth-order valence-electron chi connectivity index (χ4n) is 1.64. The van der Waals surface area contributed by atoms with E-state index in [4.69, 9.17) is 4.74 Å². The minimum atomic E-state index is 0.497. The zero-order chi connectivity index (χ0) is 11.5. The van der Waals surface area contributed by atoms with Gasteiger partial charge in [-0.25, -0.2) is 0 Å². The van der Waals surface area contributed by atoms with Crippen molar-refractivity contribution in [1.29, 1.82) is 0 Å². The summed E-state index contributed by atoms with van der Waals surface area (Å²) in [4.78, 5) is 0. The number of hydrogen-bond acceptors (Lipinski definition) is 3. The summed E-state index contributed by atoms with van der Waals surface area (Å²) in [6.07, 6.45) is 1.88. The minimum Gasteiger partial charge on any atom is -0.458 e. The summed E-state index contributed by atoms with van der Waals surface area (Å²) in [5.74, 6) is 0. The summed E-state index contributed by atoms with van der Waals surface area (Å²) in [5.41, 5.74) is 1.90. The Hall–Kier alpha value is -2.36. The van der Waals surface area contributed by atoms with E-state index < -0.39 is 0 Å². The van der Waals surface area contributed by atoms with Crippen LogP contribution in [-0.2, 0) is 6.61 Å². The van der Waals surface area contributed by atoms with E-state index in [1.54, 1.807) is 0 Å². The molecule has 1 aromatic carbocycles. The predicted octanol–water partition coefficient (Wildman–Crippen LogP) is 2.31. The first-order chi connectivity index (χ1) is 8.43. The summed E-state index contributed by atoms with van der Waals surface area (Å²) < 4.78 is 7.46. The monoisotopic (exact) mass is 225 g/mol. The summed E-state index contributed by atoms with van der Waals surface area (Å²) in [6, 6.07) is 16.2. The molecule has 0 spiro atoms. The fourth-order valence-corrected chi connectivity index (χ4v) is 1.64. The van der Waals surface area contributed by atoms with Gasteiger partial charge in [0.05, 0.1) is 0 Å². The SMILES string of the molecule is c1ccc(COc2nnc3ccccn23)cc1. The lowest BCUT2D eigenvalue weighted by molar-refractivity contribution is 0.277. The van der Waals surface area contributed by atoms with Gasteiger partial charge in [-0.3, -0.25) is 4.40 Å². The lowest BCUT2D eigenvalue weighted by atomic mass is 10.2. The first kappa shape index (κ1) is 9.84. The number of ether oxygens (including phenoxy) is 1. The molecule has 2 aromatic heterocycles. The molecule has 0 atom stereocenters. The van der Waals surface area contributed by atoms with Gasteiger partial charge in [-0.2, -0.15) is 0 Å². The van der Waals surface area contributed by atoms with E-state index >= 15 is 0 Å². The van der Waals surface area contributed by atoms with Gasteiger partial charge in [0.2, 0.25) is 0 Å². The van der Waals surface area contributed by atoms with Crippen LogP contribution in [0, 0.1) is 0 Å². The predicted molar refractivity (Wildman–Crippen MR) is 63.8 cm³/mol. The smallest absolute Gasteiger partial charge is 0.321 e. The van der Waals surface area contributed by atoms with Crippen LogP contribution in [0.1, 0.15) is 5.56 Å². The van der Waals surface area contributed by atoms with E-state index in [0.29, 0.717) is 12.6 Å². The van der Waals surface area contributed by atoms with Crippen LogP contribution in [0.4, 0.5) is 0 Å². The van der Waals surface area contributed by atoms with Crippen LogP contribution in [-0.4, -0.2) is 14.6 Å². The Bertz CT molecular complexity index is 619. The third kappa shape index (κ3) is 1.97. The molecule has 0 unspecified atom stereocenters. The Morgan fingerprint density at radius 3 is 2.65 bits per heavy atom. The van der Waals surface area contributed by atoms with Gasteiger partial charge in [0.15, 0.2) is 5.65 Å². The Kier molecular flexibility index (Phi) is 2.46. The van der Waals surface area contributed by atoms with E-state index in [9.17, 15) is 0 Å². The average molecular weight is 225 g/mol. The van der Waals surface area contributed by atoms with Gasteiger partial charge in [-0.05, 0) is 17.7 Å². The molecule has 0 bridgehead atoms. The average Bonchev–Trinajstić information content (AvgIpc) is 2.81. The molecule has 3 aromatic rings. The van der Waals surface area contributed by atoms with Crippen molar-refractivity contribution in [2.45, 2.75) is 6.61 Å². The first-order valence-electron chi connectivity index (χ1n) is 5.40. The van der Waals surface area contributed by atoms with Crippen molar-refractivity contribution in [3.63, 3.8) is 0 Å². The molecule has 0 amide bonds. The molecule has 0 N–H and O–H groups in total. The van der Waals surface area contributed by atoms with Crippen LogP contribution in [0.15, 0.2) is 54.7 Å². The highest BCUT2D eigenvalue weighted by atomic mass is 16.5. The second-order valence-corrected chi connectivity index (χ2v) is 3.69. The molecule has 3 rings (SSSR count). The Balaban J connectivity index is 1.82. The number of hydrogen-bond donors (Lipinski definition) is 0. The number of benzene rings is 1. The zero-order valence-electron chi connectivity index (χ0n) is 9.15. The lowest BCUT2D eigenvalue weighted by Crippen LogP contribution is -1.98. The Labute approximate surface area is 98.5 Å². The van der Waals surface area contributed by atoms with E-state index in [1.807, 2.05) is 59.1 Å². The fraction of sp³-hybridized carbons (Fsp3) is 0.0769. The van der Waals surface area contributed by atoms with Crippen molar-refractivity contribution in [2.75, 3.05) is 0 Å². The van der Waals surface area contributed by atoms with Gasteiger partial charge >= 0.3 is 6.01 Å². The van der Waals surface area contributed by atoms with Crippen molar-refractivity contribution < 1.29 is 4.74 Å². The molecule has 4 nitrogen and oxygen atoms in total. The van der Waals surface area contributed by atoms with E-state index in [0.717, 1.165) is 11.2 Å². The van der Waals surface area contributed by atoms with Crippen molar-refractivity contribution in [1.82, 2.24) is 14.6 Å². The van der Waals surface area contributed by atoms with Gasteiger partial charge in [0.1, 0.15) is 6.61 Å². The molecule has 0 aliphatic rings. The summed E-state index contributed by atoms with van der Waals surface area (Å²) in [7, 11) is 0. The number of rotatable bonds is 3. The lowest BCUT2D eigenvalue weighted by Gasteiger charge is -2.03. The zero-order valence-corrected chi connectivity index (χ0v) is 9.15. The highest BCUT2D eigenvalue weighted by Gasteiger charge is 2.04. The molecular weight excluding hydrogens is 214 g/mol. The summed E-state index contributed by atoms with van der Waals surface area (Å²) in [5, 5.41) is 8.02. The van der Waals surface area contributed by atoms with Gasteiger partial charge in [0, 0.05) is 6.20 Å². The van der Waals surface area contributed by atoms with Gasteiger partial charge in [-0.15, -0.1) is 5.10 Å². The van der Waals surface area contributed by atoms with Gasteiger partial charge < -0.3 is 4.74 Å². The first-order valence-corrected chi connectivity index (χ1v) is 5.40. The molecule has 0 radical (unpaired) electrons. The van der Waals surface area contributed by atoms with Crippen LogP contribution in [0.5, 0.6) is 6.01 Å². The van der Waals surface area contributed by atoms with Crippen LogP contribution >= 0.6 is 0 Å². The third-order valence-corrected chi connectivity index (χ3v) is 2.49. The van der Waals surface area contributed by atoms with Crippen molar-refractivity contribution >= 4 is 5.65 Å². The van der Waals surface area contributed by atoms with Crippen LogP contribution in [0.3, 0.4) is 0 Å². The number of aromatic nitrogens is 3. The molecule has 0 fully saturated rings. The maximum absolute atomic E-state index is 5.63. The number of pyridine rings is 1. The Morgan fingerprint density at radius 2 is 1.76 bits per heavy atom. The quantitative estimate of drug-likeness (QED) is 0.686. The normalized spacial score (nSPS) is 10.6. The molecule has 4 heteroatoms. The highest BCUT2D eigenvalue weighted by Crippen LogP contribution is 2.11. The highest BCUT2D eigenvalue weighted by molar-refractivity contribution is 5.38. The standard InChI is InChI=1S/C13H11N3O/c1-2-6-11(7-3-1)10-17-13-15-14-12-8-4-5-9-16(12)13/h1-9H,10H2. The second-order valence-electron chi connectivity index (χ2n) is 3.69. The molecule has 0 saturated carbocycles. The largest absolute Gasteiger partial charge is 0.458 e. The number of nitrogens with zero attached hydrogens (tertiary/aromatic N) is 3. The molecular formula is C13H11N3O. The summed E-state index contributed by atoms with van der Waals surface area (Å²) >= 11 is 0. The number of fused-ring (bicyclic) bond motifs is 1. The molecule has 17 heavy (non-hydrogen) atoms. The van der Waals surface area contributed by atoms with Crippen molar-refractivity contribution in [3.8, 4) is 6.01 Å². The van der Waals surface area contributed by atoms with Crippen molar-refractivity contribution in [2.24, 2.45) is 0 Å². The molecule has 0 aliphatic carbocycles. The van der Waals surface area contributed by atoms with Crippen LogP contribution in [0.25, 0.3) is 5.65 Å². The Morgan fingerprint density at radius 1 is 0.941 bits per heavy atom. The molecule has 84 valence electrons. The summed E-state index contributed by atoms with van der Waals surface area (Å²) in [6.45, 7) is 0.497. The van der Waals surface area contributed by atoms with Gasteiger partial charge in [-0.1, -0.05) is 41.5 Å². The van der Waals surface area contributed by atoms with Crippen LogP contribution in [0.2, 0.25) is 0 Å². The second kappa shape index (κ2) is 4.25. The maximum Gasteiger partial charge on any atom is 0.321 e. The van der Waals surface area contributed by atoms with Crippen molar-refractivity contribution in [3.05, 3.63) is 60.3 Å². The van der Waals surface area contributed by atoms with E-state index in [2.05, 4.69) is 10.2 Å². The minimum absolute atomic E-state index is 0.497. The van der Waals surface area contributed by atoms with Gasteiger partial charge in [0.25, 0.3) is 0 Å². The molecule has 0 saturated heterocycles. The topological polar surface area (TPSA) is 39.4 Å². The maximum atomic E-state index is 5.63.